The van der Waals surface area contributed by atoms with Crippen LogP contribution in [0.2, 0.25) is 0 Å². The Morgan fingerprint density at radius 1 is 1.03 bits per heavy atom. The Bertz CT molecular complexity index is 1300. The minimum atomic E-state index is -4.44. The summed E-state index contributed by atoms with van der Waals surface area (Å²) in [5.41, 5.74) is 2.74. The number of aromatic nitrogens is 5. The molecule has 0 saturated heterocycles. The first-order chi connectivity index (χ1) is 15.6. The maximum absolute atomic E-state index is 13.3. The molecule has 4 aromatic rings. The summed E-state index contributed by atoms with van der Waals surface area (Å²) in [6.45, 7) is 7.49. The summed E-state index contributed by atoms with van der Waals surface area (Å²) in [4.78, 5) is 8.90. The maximum Gasteiger partial charge on any atom is 0.416 e. The normalized spacial score (nSPS) is 11.9. The zero-order chi connectivity index (χ0) is 23.9. The van der Waals surface area contributed by atoms with Crippen LogP contribution in [0.1, 0.15) is 36.7 Å². The first kappa shape index (κ1) is 22.6. The van der Waals surface area contributed by atoms with E-state index in [1.807, 2.05) is 49.7 Å². The van der Waals surface area contributed by atoms with E-state index in [1.54, 1.807) is 25.0 Å². The SMILES string of the molecule is COc1cc(-c2nc(-c3cc(C(F)(F)F)ccc3C)n(C(C)C)n2)ccc1-n1cnc(C)c1. The van der Waals surface area contributed by atoms with Crippen LogP contribution >= 0.6 is 0 Å². The van der Waals surface area contributed by atoms with Crippen LogP contribution in [-0.2, 0) is 6.18 Å². The molecule has 0 saturated carbocycles. The average Bonchev–Trinajstić information content (AvgIpc) is 3.39. The lowest BCUT2D eigenvalue weighted by molar-refractivity contribution is -0.137. The van der Waals surface area contributed by atoms with Crippen molar-refractivity contribution >= 4 is 0 Å². The topological polar surface area (TPSA) is 57.8 Å². The quantitative estimate of drug-likeness (QED) is 0.369. The largest absolute Gasteiger partial charge is 0.495 e. The molecule has 0 unspecified atom stereocenters. The van der Waals surface area contributed by atoms with Crippen molar-refractivity contribution in [1.82, 2.24) is 24.3 Å². The highest BCUT2D eigenvalue weighted by Crippen LogP contribution is 2.35. The van der Waals surface area contributed by atoms with Gasteiger partial charge in [-0.2, -0.15) is 18.3 Å². The summed E-state index contributed by atoms with van der Waals surface area (Å²) < 4.78 is 49.1. The second-order valence-electron chi connectivity index (χ2n) is 8.13. The van der Waals surface area contributed by atoms with E-state index in [0.29, 0.717) is 34.1 Å². The molecule has 0 aliphatic heterocycles. The van der Waals surface area contributed by atoms with Gasteiger partial charge in [-0.3, -0.25) is 0 Å². The Labute approximate surface area is 189 Å². The van der Waals surface area contributed by atoms with Gasteiger partial charge in [0, 0.05) is 23.4 Å². The summed E-state index contributed by atoms with van der Waals surface area (Å²) >= 11 is 0. The predicted molar refractivity (Wildman–Crippen MR) is 119 cm³/mol. The highest BCUT2D eigenvalue weighted by molar-refractivity contribution is 5.68. The van der Waals surface area contributed by atoms with Crippen LogP contribution in [0.3, 0.4) is 0 Å². The second-order valence-corrected chi connectivity index (χ2v) is 8.13. The number of rotatable bonds is 5. The van der Waals surface area contributed by atoms with E-state index >= 15 is 0 Å². The van der Waals surface area contributed by atoms with E-state index in [-0.39, 0.29) is 6.04 Å². The van der Waals surface area contributed by atoms with Crippen molar-refractivity contribution in [3.05, 3.63) is 65.7 Å². The number of aryl methyl sites for hydroxylation is 2. The molecule has 0 fully saturated rings. The summed E-state index contributed by atoms with van der Waals surface area (Å²) in [6, 6.07) is 9.11. The van der Waals surface area contributed by atoms with Crippen molar-refractivity contribution < 1.29 is 17.9 Å². The molecular weight excluding hydrogens is 431 g/mol. The van der Waals surface area contributed by atoms with Crippen LogP contribution in [-0.4, -0.2) is 31.4 Å². The van der Waals surface area contributed by atoms with Crippen LogP contribution in [0.15, 0.2) is 48.9 Å². The fourth-order valence-corrected chi connectivity index (χ4v) is 3.61. The molecule has 0 N–H and O–H groups in total. The Balaban J connectivity index is 1.83. The van der Waals surface area contributed by atoms with Gasteiger partial charge in [0.05, 0.1) is 30.4 Å². The summed E-state index contributed by atoms with van der Waals surface area (Å²) in [6.07, 6.45) is -0.853. The first-order valence-corrected chi connectivity index (χ1v) is 10.4. The van der Waals surface area contributed by atoms with Crippen molar-refractivity contribution in [1.29, 1.82) is 0 Å². The lowest BCUT2D eigenvalue weighted by Gasteiger charge is -2.13. The Hall–Kier alpha value is -3.62. The third-order valence-electron chi connectivity index (χ3n) is 5.35. The van der Waals surface area contributed by atoms with Crippen molar-refractivity contribution in [2.45, 2.75) is 39.9 Å². The number of halogens is 3. The number of hydrogen-bond acceptors (Lipinski definition) is 4. The minimum absolute atomic E-state index is 0.106. The van der Waals surface area contributed by atoms with Crippen LogP contribution in [0.25, 0.3) is 28.5 Å². The molecule has 6 nitrogen and oxygen atoms in total. The standard InChI is InChI=1S/C24H24F3N5O/c1-14(2)32-23(19-11-18(24(25,26)27)8-6-15(19)3)29-22(30-32)17-7-9-20(21(10-17)33-5)31-12-16(4)28-13-31/h6-14H,1-5H3. The van der Waals surface area contributed by atoms with Gasteiger partial charge in [-0.1, -0.05) is 6.07 Å². The molecule has 0 bridgehead atoms. The molecule has 4 rings (SSSR count). The molecule has 0 aliphatic carbocycles. The highest BCUT2D eigenvalue weighted by Gasteiger charge is 2.31. The van der Waals surface area contributed by atoms with Crippen LogP contribution in [0.4, 0.5) is 13.2 Å². The molecule has 0 radical (unpaired) electrons. The fourth-order valence-electron chi connectivity index (χ4n) is 3.61. The smallest absolute Gasteiger partial charge is 0.416 e. The molecule has 33 heavy (non-hydrogen) atoms. The predicted octanol–water partition coefficient (Wildman–Crippen LogP) is 6.02. The molecular formula is C24H24F3N5O. The summed E-state index contributed by atoms with van der Waals surface area (Å²) in [7, 11) is 1.57. The third kappa shape index (κ3) is 4.35. The van der Waals surface area contributed by atoms with Crippen LogP contribution in [0.5, 0.6) is 5.75 Å². The number of methoxy groups -OCH3 is 1. The highest BCUT2D eigenvalue weighted by atomic mass is 19.4. The van der Waals surface area contributed by atoms with Gasteiger partial charge in [-0.05, 0) is 63.6 Å². The molecule has 2 aromatic heterocycles. The van der Waals surface area contributed by atoms with Gasteiger partial charge in [-0.15, -0.1) is 0 Å². The van der Waals surface area contributed by atoms with Gasteiger partial charge in [0.2, 0.25) is 0 Å². The van der Waals surface area contributed by atoms with Gasteiger partial charge in [0.15, 0.2) is 11.6 Å². The van der Waals surface area contributed by atoms with Crippen molar-refractivity contribution in [2.75, 3.05) is 7.11 Å². The second kappa shape index (κ2) is 8.38. The van der Waals surface area contributed by atoms with Crippen molar-refractivity contribution in [3.8, 4) is 34.2 Å². The molecule has 0 spiro atoms. The Morgan fingerprint density at radius 2 is 1.79 bits per heavy atom. The summed E-state index contributed by atoms with van der Waals surface area (Å²) in [5, 5.41) is 4.62. The zero-order valence-corrected chi connectivity index (χ0v) is 19.0. The third-order valence-corrected chi connectivity index (χ3v) is 5.35. The van der Waals surface area contributed by atoms with Gasteiger partial charge in [0.25, 0.3) is 0 Å². The minimum Gasteiger partial charge on any atom is -0.495 e. The number of benzene rings is 2. The first-order valence-electron chi connectivity index (χ1n) is 10.4. The maximum atomic E-state index is 13.3. The molecule has 2 heterocycles. The average molecular weight is 455 g/mol. The lowest BCUT2D eigenvalue weighted by Crippen LogP contribution is -2.08. The van der Waals surface area contributed by atoms with E-state index in [0.717, 1.165) is 23.5 Å². The van der Waals surface area contributed by atoms with Crippen LogP contribution < -0.4 is 4.74 Å². The molecule has 0 atom stereocenters. The van der Waals surface area contributed by atoms with E-state index in [9.17, 15) is 13.2 Å². The molecule has 2 aromatic carbocycles. The van der Waals surface area contributed by atoms with Gasteiger partial charge in [-0.25, -0.2) is 14.6 Å². The molecule has 0 amide bonds. The number of alkyl halides is 3. The number of nitrogens with zero attached hydrogens (tertiary/aromatic N) is 5. The monoisotopic (exact) mass is 455 g/mol. The number of ether oxygens (including phenoxy) is 1. The van der Waals surface area contributed by atoms with Gasteiger partial charge in [0.1, 0.15) is 5.75 Å². The molecule has 9 heteroatoms. The Kier molecular flexibility index (Phi) is 5.73. The fraction of sp³-hybridized carbons (Fsp3) is 0.292. The molecule has 0 aliphatic rings. The van der Waals surface area contributed by atoms with E-state index < -0.39 is 11.7 Å². The van der Waals surface area contributed by atoms with Crippen molar-refractivity contribution in [3.63, 3.8) is 0 Å². The Morgan fingerprint density at radius 3 is 2.39 bits per heavy atom. The van der Waals surface area contributed by atoms with E-state index in [2.05, 4.69) is 15.1 Å². The number of imidazole rings is 1. The summed E-state index contributed by atoms with van der Waals surface area (Å²) in [5.74, 6) is 1.39. The van der Waals surface area contributed by atoms with Crippen molar-refractivity contribution in [2.24, 2.45) is 0 Å². The van der Waals surface area contributed by atoms with E-state index in [1.165, 1.54) is 6.07 Å². The van der Waals surface area contributed by atoms with E-state index in [4.69, 9.17) is 4.74 Å². The number of hydrogen-bond donors (Lipinski definition) is 0. The van der Waals surface area contributed by atoms with Crippen LogP contribution in [0, 0.1) is 13.8 Å². The van der Waals surface area contributed by atoms with Gasteiger partial charge >= 0.3 is 6.18 Å². The zero-order valence-electron chi connectivity index (χ0n) is 19.0. The lowest BCUT2D eigenvalue weighted by atomic mass is 10.0. The van der Waals surface area contributed by atoms with Gasteiger partial charge < -0.3 is 9.30 Å². The molecule has 172 valence electrons.